The van der Waals surface area contributed by atoms with E-state index in [9.17, 15) is 13.2 Å². The quantitative estimate of drug-likeness (QED) is 0.638. The van der Waals surface area contributed by atoms with Crippen molar-refractivity contribution >= 4 is 37.9 Å². The van der Waals surface area contributed by atoms with Crippen LogP contribution >= 0.6 is 0 Å². The Labute approximate surface area is 177 Å². The number of nitrogens with zero attached hydrogens (tertiary/aromatic N) is 4. The van der Waals surface area contributed by atoms with Crippen molar-refractivity contribution in [2.45, 2.75) is 38.8 Å². The van der Waals surface area contributed by atoms with Crippen LogP contribution in [0.2, 0.25) is 0 Å². The van der Waals surface area contributed by atoms with Crippen LogP contribution in [0.3, 0.4) is 0 Å². The van der Waals surface area contributed by atoms with Gasteiger partial charge in [0.2, 0.25) is 10.0 Å². The number of aromatic nitrogens is 2. The molecule has 0 N–H and O–H groups in total. The molecule has 3 heterocycles. The summed E-state index contributed by atoms with van der Waals surface area (Å²) < 4.78 is 29.1. The van der Waals surface area contributed by atoms with Gasteiger partial charge in [0.25, 0.3) is 5.91 Å². The first kappa shape index (κ1) is 20.9. The average molecular weight is 431 g/mol. The van der Waals surface area contributed by atoms with Crippen LogP contribution in [-0.4, -0.2) is 72.1 Å². The lowest BCUT2D eigenvalue weighted by Gasteiger charge is -2.35. The van der Waals surface area contributed by atoms with Gasteiger partial charge in [0, 0.05) is 30.6 Å². The predicted octanol–water partition coefficient (Wildman–Crippen LogP) is 3.15. The number of amides is 1. The highest BCUT2D eigenvalue weighted by atomic mass is 32.2. The molecule has 4 rings (SSSR count). The van der Waals surface area contributed by atoms with E-state index in [1.165, 1.54) is 10.2 Å². The van der Waals surface area contributed by atoms with Gasteiger partial charge in [-0.2, -0.15) is 0 Å². The molecule has 0 saturated carbocycles. The zero-order valence-corrected chi connectivity index (χ0v) is 19.1. The van der Waals surface area contributed by atoms with Gasteiger partial charge >= 0.3 is 0 Å². The molecule has 0 radical (unpaired) electrons. The Hall–Kier alpha value is -2.32. The van der Waals surface area contributed by atoms with Crippen molar-refractivity contribution in [1.29, 1.82) is 0 Å². The first-order valence-corrected chi connectivity index (χ1v) is 12.3. The molecule has 162 valence electrons. The Morgan fingerprint density at radius 3 is 2.30 bits per heavy atom. The fourth-order valence-corrected chi connectivity index (χ4v) is 5.73. The van der Waals surface area contributed by atoms with Gasteiger partial charge in [-0.05, 0) is 52.9 Å². The SMILES string of the molecule is CC(C)n1c2ccccc2c2c1cc(C(=O)N1CCC(N(C)C)CC1)n2S(C)(=O)=O. The fourth-order valence-electron chi connectivity index (χ4n) is 4.72. The van der Waals surface area contributed by atoms with E-state index in [2.05, 4.69) is 37.4 Å². The van der Waals surface area contributed by atoms with E-state index in [-0.39, 0.29) is 17.6 Å². The van der Waals surface area contributed by atoms with Gasteiger partial charge in [-0.3, -0.25) is 4.79 Å². The van der Waals surface area contributed by atoms with E-state index in [4.69, 9.17) is 0 Å². The number of rotatable bonds is 4. The molecule has 1 saturated heterocycles. The molecule has 7 nitrogen and oxygen atoms in total. The second-order valence-corrected chi connectivity index (χ2v) is 10.6. The number of piperidine rings is 1. The summed E-state index contributed by atoms with van der Waals surface area (Å²) in [6, 6.07) is 10.1. The first-order chi connectivity index (χ1) is 14.1. The number of para-hydroxylation sites is 1. The number of carbonyl (C=O) groups excluding carboxylic acids is 1. The van der Waals surface area contributed by atoms with Crippen LogP contribution in [0.1, 0.15) is 43.2 Å². The molecule has 1 aliphatic heterocycles. The smallest absolute Gasteiger partial charge is 0.271 e. The van der Waals surface area contributed by atoms with E-state index in [1.54, 1.807) is 11.0 Å². The van der Waals surface area contributed by atoms with Crippen molar-refractivity contribution in [2.75, 3.05) is 33.4 Å². The predicted molar refractivity (Wildman–Crippen MR) is 121 cm³/mol. The van der Waals surface area contributed by atoms with Crippen LogP contribution in [0.25, 0.3) is 21.9 Å². The molecule has 1 aromatic carbocycles. The number of hydrogen-bond acceptors (Lipinski definition) is 4. The summed E-state index contributed by atoms with van der Waals surface area (Å²) in [5.41, 5.74) is 2.57. The topological polar surface area (TPSA) is 67.6 Å². The van der Waals surface area contributed by atoms with Crippen LogP contribution in [-0.2, 0) is 10.0 Å². The summed E-state index contributed by atoms with van der Waals surface area (Å²) in [6.45, 7) is 5.39. The van der Waals surface area contributed by atoms with Crippen LogP contribution in [0.5, 0.6) is 0 Å². The molecule has 0 unspecified atom stereocenters. The Balaban J connectivity index is 1.89. The van der Waals surface area contributed by atoms with Crippen LogP contribution in [0.15, 0.2) is 30.3 Å². The van der Waals surface area contributed by atoms with E-state index in [0.29, 0.717) is 24.6 Å². The Morgan fingerprint density at radius 2 is 1.73 bits per heavy atom. The molecule has 0 atom stereocenters. The molecule has 1 fully saturated rings. The Bertz CT molecular complexity index is 1210. The molecular formula is C22H30N4O3S. The van der Waals surface area contributed by atoms with Gasteiger partial charge in [-0.1, -0.05) is 18.2 Å². The lowest BCUT2D eigenvalue weighted by Crippen LogP contribution is -2.45. The van der Waals surface area contributed by atoms with E-state index in [0.717, 1.165) is 29.3 Å². The van der Waals surface area contributed by atoms with Gasteiger partial charge < -0.3 is 14.4 Å². The summed E-state index contributed by atoms with van der Waals surface area (Å²) in [4.78, 5) is 17.4. The third kappa shape index (κ3) is 3.32. The normalized spacial score (nSPS) is 16.4. The second kappa shape index (κ2) is 7.42. The zero-order chi connectivity index (χ0) is 21.8. The lowest BCUT2D eigenvalue weighted by atomic mass is 10.0. The highest BCUT2D eigenvalue weighted by Gasteiger charge is 2.31. The van der Waals surface area contributed by atoms with Gasteiger partial charge in [-0.15, -0.1) is 0 Å². The minimum Gasteiger partial charge on any atom is -0.337 e. The highest BCUT2D eigenvalue weighted by Crippen LogP contribution is 2.35. The molecule has 2 aromatic heterocycles. The lowest BCUT2D eigenvalue weighted by molar-refractivity contribution is 0.0657. The molecule has 0 spiro atoms. The molecule has 0 bridgehead atoms. The standard InChI is InChI=1S/C22H30N4O3S/c1-15(2)25-18-9-7-6-8-17(18)21-19(25)14-20(26(21)30(5,28)29)22(27)24-12-10-16(11-13-24)23(3)4/h6-9,14-16H,10-13H2,1-5H3. The van der Waals surface area contributed by atoms with Crippen molar-refractivity contribution in [3.63, 3.8) is 0 Å². The van der Waals surface area contributed by atoms with Gasteiger partial charge in [0.1, 0.15) is 5.69 Å². The number of likely N-dealkylation sites (tertiary alicyclic amines) is 1. The number of fused-ring (bicyclic) bond motifs is 3. The molecular weight excluding hydrogens is 400 g/mol. The van der Waals surface area contributed by atoms with Crippen molar-refractivity contribution < 1.29 is 13.2 Å². The van der Waals surface area contributed by atoms with Crippen molar-refractivity contribution in [1.82, 2.24) is 18.3 Å². The van der Waals surface area contributed by atoms with E-state index < -0.39 is 10.0 Å². The number of benzene rings is 1. The third-order valence-corrected chi connectivity index (χ3v) is 7.21. The molecule has 1 aliphatic rings. The van der Waals surface area contributed by atoms with Crippen LogP contribution in [0.4, 0.5) is 0 Å². The summed E-state index contributed by atoms with van der Waals surface area (Å²) in [5, 5.41) is 0.844. The maximum atomic E-state index is 13.4. The Morgan fingerprint density at radius 1 is 1.10 bits per heavy atom. The molecule has 0 aliphatic carbocycles. The second-order valence-electron chi connectivity index (χ2n) is 8.76. The molecule has 8 heteroatoms. The van der Waals surface area contributed by atoms with Crippen LogP contribution < -0.4 is 0 Å². The van der Waals surface area contributed by atoms with E-state index in [1.807, 2.05) is 24.3 Å². The summed E-state index contributed by atoms with van der Waals surface area (Å²) in [7, 11) is 0.429. The van der Waals surface area contributed by atoms with Gasteiger partial charge in [-0.25, -0.2) is 12.4 Å². The third-order valence-electron chi connectivity index (χ3n) is 6.17. The van der Waals surface area contributed by atoms with Crippen molar-refractivity contribution in [3.8, 4) is 0 Å². The molecule has 1 amide bonds. The largest absolute Gasteiger partial charge is 0.337 e. The number of hydrogen-bond donors (Lipinski definition) is 0. The summed E-state index contributed by atoms with van der Waals surface area (Å²) >= 11 is 0. The maximum Gasteiger partial charge on any atom is 0.271 e. The summed E-state index contributed by atoms with van der Waals surface area (Å²) in [5.74, 6) is -0.215. The van der Waals surface area contributed by atoms with Crippen molar-refractivity contribution in [3.05, 3.63) is 36.0 Å². The minimum absolute atomic E-state index is 0.126. The fraction of sp³-hybridized carbons (Fsp3) is 0.500. The van der Waals surface area contributed by atoms with Crippen molar-refractivity contribution in [2.24, 2.45) is 0 Å². The maximum absolute atomic E-state index is 13.4. The monoisotopic (exact) mass is 430 g/mol. The highest BCUT2D eigenvalue weighted by molar-refractivity contribution is 7.89. The summed E-state index contributed by atoms with van der Waals surface area (Å²) in [6.07, 6.45) is 2.95. The average Bonchev–Trinajstić information content (AvgIpc) is 3.21. The van der Waals surface area contributed by atoms with Gasteiger partial charge in [0.15, 0.2) is 0 Å². The first-order valence-electron chi connectivity index (χ1n) is 10.4. The van der Waals surface area contributed by atoms with E-state index >= 15 is 0 Å². The molecule has 3 aromatic rings. The zero-order valence-electron chi connectivity index (χ0n) is 18.3. The minimum atomic E-state index is -3.68. The van der Waals surface area contributed by atoms with Crippen LogP contribution in [0, 0.1) is 0 Å². The number of carbonyl (C=O) groups is 1. The van der Waals surface area contributed by atoms with Gasteiger partial charge in [0.05, 0.1) is 22.8 Å². The Kier molecular flexibility index (Phi) is 5.18. The molecule has 30 heavy (non-hydrogen) atoms.